The summed E-state index contributed by atoms with van der Waals surface area (Å²) in [5, 5.41) is 2.94. The molecule has 4 heterocycles. The molecule has 5 rings (SSSR count). The fourth-order valence-electron chi connectivity index (χ4n) is 5.08. The minimum Gasteiger partial charge on any atom is -0.358 e. The number of benzene rings is 1. The molecule has 0 atom stereocenters. The summed E-state index contributed by atoms with van der Waals surface area (Å²) in [7, 11) is 2.03. The maximum absolute atomic E-state index is 13.4. The van der Waals surface area contributed by atoms with E-state index in [-0.39, 0.29) is 11.8 Å². The van der Waals surface area contributed by atoms with Gasteiger partial charge in [0.1, 0.15) is 7.85 Å². The van der Waals surface area contributed by atoms with Crippen LogP contribution in [0.15, 0.2) is 18.2 Å². The molecule has 1 aromatic carbocycles. The maximum atomic E-state index is 13.4. The van der Waals surface area contributed by atoms with Gasteiger partial charge in [-0.1, -0.05) is 17.6 Å². The van der Waals surface area contributed by atoms with E-state index in [0.29, 0.717) is 5.57 Å². The van der Waals surface area contributed by atoms with Crippen LogP contribution in [0, 0.1) is 6.92 Å². The lowest BCUT2D eigenvalue weighted by Gasteiger charge is -2.24. The molecule has 7 heteroatoms. The smallest absolute Gasteiger partial charge is 0.256 e. The van der Waals surface area contributed by atoms with Crippen LogP contribution in [-0.2, 0) is 11.2 Å². The average molecular weight is 416 g/mol. The van der Waals surface area contributed by atoms with Gasteiger partial charge in [0.05, 0.1) is 11.1 Å². The van der Waals surface area contributed by atoms with Gasteiger partial charge in [0, 0.05) is 42.3 Å². The molecular formula is C24H29BN4O2. The number of aryl methyl sites for hydroxylation is 1. The van der Waals surface area contributed by atoms with Crippen LogP contribution >= 0.6 is 0 Å². The van der Waals surface area contributed by atoms with E-state index in [4.69, 9.17) is 0 Å². The highest BCUT2D eigenvalue weighted by atomic mass is 16.2. The van der Waals surface area contributed by atoms with Crippen LogP contribution in [0.2, 0.25) is 0 Å². The van der Waals surface area contributed by atoms with Crippen molar-refractivity contribution in [3.63, 3.8) is 0 Å². The highest BCUT2D eigenvalue weighted by molar-refractivity contribution is 6.37. The van der Waals surface area contributed by atoms with Crippen molar-refractivity contribution in [2.45, 2.75) is 32.6 Å². The third-order valence-corrected chi connectivity index (χ3v) is 6.85. The normalized spacial score (nSPS) is 20.2. The molecule has 1 saturated heterocycles. The summed E-state index contributed by atoms with van der Waals surface area (Å²) in [4.78, 5) is 34.0. The van der Waals surface area contributed by atoms with Crippen LogP contribution in [0.5, 0.6) is 0 Å². The van der Waals surface area contributed by atoms with E-state index < -0.39 is 0 Å². The number of nitrogens with zero attached hydrogens (tertiary/aromatic N) is 2. The lowest BCUT2D eigenvalue weighted by atomic mass is 9.92. The van der Waals surface area contributed by atoms with Crippen molar-refractivity contribution >= 4 is 42.5 Å². The molecule has 0 aliphatic carbocycles. The summed E-state index contributed by atoms with van der Waals surface area (Å²) in [6, 6.07) is 5.98. The Kier molecular flexibility index (Phi) is 5.22. The first-order valence-corrected chi connectivity index (χ1v) is 11.4. The lowest BCUT2D eigenvalue weighted by molar-refractivity contribution is -0.110. The third kappa shape index (κ3) is 3.72. The zero-order chi connectivity index (χ0) is 21.5. The number of anilines is 1. The molecule has 31 heavy (non-hydrogen) atoms. The van der Waals surface area contributed by atoms with Crippen LogP contribution in [0.1, 0.15) is 52.1 Å². The first kappa shape index (κ1) is 20.1. The zero-order valence-electron chi connectivity index (χ0n) is 18.4. The molecule has 6 nitrogen and oxygen atoms in total. The standard InChI is InChI=1S/C24H29BN4O2/c1-15-21(14-18-17-13-16(25)6-7-19(17)27-23(18)30)26-20-5-4-10-29(24(31)22(15)20)12-11-28-8-2-3-9-28/h6-7,13-14,26H,2-5,8-12,25H2,1H3,(H,27,30)/b18-14-. The molecule has 3 aliphatic rings. The molecule has 0 unspecified atom stereocenters. The number of hydrogen-bond acceptors (Lipinski definition) is 3. The maximum Gasteiger partial charge on any atom is 0.256 e. The highest BCUT2D eigenvalue weighted by Gasteiger charge is 2.29. The van der Waals surface area contributed by atoms with E-state index in [9.17, 15) is 9.59 Å². The Bertz CT molecular complexity index is 1080. The number of carbonyl (C=O) groups is 2. The number of likely N-dealkylation sites (tertiary alicyclic amines) is 1. The SMILES string of the molecule is Bc1ccc2c(c1)/C(=C/c1[nH]c3c(c1C)C(=O)N(CCN1CCCC1)CCC3)C(=O)N2. The van der Waals surface area contributed by atoms with Crippen molar-refractivity contribution in [1.82, 2.24) is 14.8 Å². The molecule has 0 radical (unpaired) electrons. The Morgan fingerprint density at radius 3 is 2.71 bits per heavy atom. The van der Waals surface area contributed by atoms with Crippen LogP contribution in [0.4, 0.5) is 5.69 Å². The van der Waals surface area contributed by atoms with Crippen LogP contribution in [0.3, 0.4) is 0 Å². The Hall–Kier alpha value is -2.80. The second-order valence-corrected chi connectivity index (χ2v) is 9.02. The molecule has 0 bridgehead atoms. The van der Waals surface area contributed by atoms with Crippen molar-refractivity contribution in [3.8, 4) is 0 Å². The summed E-state index contributed by atoms with van der Waals surface area (Å²) < 4.78 is 0. The van der Waals surface area contributed by atoms with Crippen LogP contribution < -0.4 is 10.8 Å². The first-order valence-electron chi connectivity index (χ1n) is 11.4. The van der Waals surface area contributed by atoms with Gasteiger partial charge in [0.2, 0.25) is 0 Å². The molecule has 2 N–H and O–H groups in total. The van der Waals surface area contributed by atoms with Gasteiger partial charge in [-0.3, -0.25) is 9.59 Å². The molecule has 1 aromatic heterocycles. The molecule has 3 aliphatic heterocycles. The number of rotatable bonds is 4. The van der Waals surface area contributed by atoms with Crippen molar-refractivity contribution in [1.29, 1.82) is 0 Å². The monoisotopic (exact) mass is 416 g/mol. The van der Waals surface area contributed by atoms with Crippen LogP contribution in [0.25, 0.3) is 11.6 Å². The van der Waals surface area contributed by atoms with Gasteiger partial charge in [-0.15, -0.1) is 0 Å². The van der Waals surface area contributed by atoms with E-state index in [1.54, 1.807) is 0 Å². The second kappa shape index (κ2) is 8.04. The molecule has 0 saturated carbocycles. The fourth-order valence-corrected chi connectivity index (χ4v) is 5.08. The van der Waals surface area contributed by atoms with E-state index in [1.807, 2.05) is 43.9 Å². The van der Waals surface area contributed by atoms with Gasteiger partial charge >= 0.3 is 0 Å². The number of aromatic nitrogens is 1. The molecule has 2 amide bonds. The Morgan fingerprint density at radius 2 is 1.90 bits per heavy atom. The summed E-state index contributed by atoms with van der Waals surface area (Å²) >= 11 is 0. The summed E-state index contributed by atoms with van der Waals surface area (Å²) in [5.41, 5.74) is 7.13. The average Bonchev–Trinajstić information content (AvgIpc) is 3.41. The number of aromatic amines is 1. The topological polar surface area (TPSA) is 68.4 Å². The van der Waals surface area contributed by atoms with Gasteiger partial charge < -0.3 is 20.1 Å². The fraction of sp³-hybridized carbons (Fsp3) is 0.417. The highest BCUT2D eigenvalue weighted by Crippen LogP contribution is 2.34. The van der Waals surface area contributed by atoms with Gasteiger partial charge in [-0.25, -0.2) is 0 Å². The first-order chi connectivity index (χ1) is 15.0. The van der Waals surface area contributed by atoms with E-state index in [2.05, 4.69) is 15.2 Å². The van der Waals surface area contributed by atoms with Crippen molar-refractivity contribution in [3.05, 3.63) is 46.3 Å². The predicted octanol–water partition coefficient (Wildman–Crippen LogP) is 1.56. The predicted molar refractivity (Wildman–Crippen MR) is 127 cm³/mol. The summed E-state index contributed by atoms with van der Waals surface area (Å²) in [5.74, 6) is 0.0283. The van der Waals surface area contributed by atoms with Crippen molar-refractivity contribution in [2.24, 2.45) is 0 Å². The van der Waals surface area contributed by atoms with E-state index >= 15 is 0 Å². The largest absolute Gasteiger partial charge is 0.358 e. The number of carbonyl (C=O) groups excluding carboxylic acids is 2. The van der Waals surface area contributed by atoms with Crippen molar-refractivity contribution < 1.29 is 9.59 Å². The zero-order valence-corrected chi connectivity index (χ0v) is 18.4. The second-order valence-electron chi connectivity index (χ2n) is 9.02. The summed E-state index contributed by atoms with van der Waals surface area (Å²) in [6.45, 7) is 6.84. The molecule has 0 spiro atoms. The quantitative estimate of drug-likeness (QED) is 0.587. The molecular weight excluding hydrogens is 387 g/mol. The van der Waals surface area contributed by atoms with Gasteiger partial charge in [-0.05, 0) is 63.4 Å². The number of hydrogen-bond donors (Lipinski definition) is 2. The number of amides is 2. The molecule has 160 valence electrons. The molecule has 1 fully saturated rings. The van der Waals surface area contributed by atoms with E-state index in [1.165, 1.54) is 12.8 Å². The van der Waals surface area contributed by atoms with Gasteiger partial charge in [0.25, 0.3) is 11.8 Å². The van der Waals surface area contributed by atoms with E-state index in [0.717, 1.165) is 84.8 Å². The van der Waals surface area contributed by atoms with Gasteiger partial charge in [-0.2, -0.15) is 0 Å². The lowest BCUT2D eigenvalue weighted by Crippen LogP contribution is -2.38. The Labute approximate surface area is 184 Å². The Morgan fingerprint density at radius 1 is 1.10 bits per heavy atom. The van der Waals surface area contributed by atoms with Crippen LogP contribution in [-0.4, -0.2) is 67.2 Å². The minimum absolute atomic E-state index is 0.0941. The van der Waals surface area contributed by atoms with Crippen molar-refractivity contribution in [2.75, 3.05) is 38.0 Å². The summed E-state index contributed by atoms with van der Waals surface area (Å²) in [6.07, 6.45) is 6.25. The Balaban J connectivity index is 1.44. The van der Waals surface area contributed by atoms with Gasteiger partial charge in [0.15, 0.2) is 0 Å². The third-order valence-electron chi connectivity index (χ3n) is 6.85. The number of H-pyrrole nitrogens is 1. The number of fused-ring (bicyclic) bond motifs is 2. The number of nitrogens with one attached hydrogen (secondary N) is 2. The molecule has 2 aromatic rings. The minimum atomic E-state index is -0.0941.